The summed E-state index contributed by atoms with van der Waals surface area (Å²) in [7, 11) is 0. The van der Waals surface area contributed by atoms with Crippen molar-refractivity contribution < 1.29 is 5.11 Å². The zero-order valence-electron chi connectivity index (χ0n) is 11.5. The molecule has 1 aromatic carbocycles. The van der Waals surface area contributed by atoms with E-state index in [0.717, 1.165) is 25.1 Å². The SMILES string of the molecule is CCn1nc(CC(C)(CC)CO)c2ccccc21. The van der Waals surface area contributed by atoms with Gasteiger partial charge in [0.2, 0.25) is 0 Å². The normalized spacial score (nSPS) is 14.9. The zero-order chi connectivity index (χ0) is 13.2. The molecule has 0 radical (unpaired) electrons. The Labute approximate surface area is 108 Å². The fourth-order valence-electron chi connectivity index (χ4n) is 2.26. The number of aliphatic hydroxyl groups excluding tert-OH is 1. The van der Waals surface area contributed by atoms with Gasteiger partial charge in [-0.25, -0.2) is 0 Å². The fourth-order valence-corrected chi connectivity index (χ4v) is 2.26. The third kappa shape index (κ3) is 2.27. The highest BCUT2D eigenvalue weighted by atomic mass is 16.3. The van der Waals surface area contributed by atoms with Crippen molar-refractivity contribution in [3.05, 3.63) is 30.0 Å². The largest absolute Gasteiger partial charge is 0.396 e. The smallest absolute Gasteiger partial charge is 0.0709 e. The molecule has 0 fully saturated rings. The molecular weight excluding hydrogens is 224 g/mol. The summed E-state index contributed by atoms with van der Waals surface area (Å²) in [5, 5.41) is 15.5. The van der Waals surface area contributed by atoms with E-state index in [2.05, 4.69) is 39.0 Å². The summed E-state index contributed by atoms with van der Waals surface area (Å²) in [5.74, 6) is 0. The van der Waals surface area contributed by atoms with Gasteiger partial charge in [-0.05, 0) is 31.2 Å². The molecular formula is C15H22N2O. The van der Waals surface area contributed by atoms with E-state index in [1.54, 1.807) is 0 Å². The molecule has 18 heavy (non-hydrogen) atoms. The zero-order valence-corrected chi connectivity index (χ0v) is 11.5. The van der Waals surface area contributed by atoms with Crippen LogP contribution in [0.4, 0.5) is 0 Å². The van der Waals surface area contributed by atoms with E-state index in [-0.39, 0.29) is 12.0 Å². The van der Waals surface area contributed by atoms with E-state index in [1.807, 2.05) is 10.7 Å². The predicted molar refractivity (Wildman–Crippen MR) is 74.6 cm³/mol. The summed E-state index contributed by atoms with van der Waals surface area (Å²) in [6.45, 7) is 7.43. The standard InChI is InChI=1S/C15H22N2O/c1-4-15(3,11-18)10-13-12-8-6-7-9-14(12)17(5-2)16-13/h6-9,18H,4-5,10-11H2,1-3H3. The minimum atomic E-state index is -0.0737. The summed E-state index contributed by atoms with van der Waals surface area (Å²) in [5.41, 5.74) is 2.22. The molecule has 0 saturated heterocycles. The van der Waals surface area contributed by atoms with E-state index in [0.29, 0.717) is 0 Å². The van der Waals surface area contributed by atoms with Crippen LogP contribution in [-0.2, 0) is 13.0 Å². The van der Waals surface area contributed by atoms with Crippen LogP contribution in [0, 0.1) is 5.41 Å². The molecule has 1 atom stereocenters. The lowest BCUT2D eigenvalue weighted by molar-refractivity contribution is 0.137. The average Bonchev–Trinajstić information content (AvgIpc) is 2.77. The van der Waals surface area contributed by atoms with Crippen molar-refractivity contribution in [1.29, 1.82) is 0 Å². The van der Waals surface area contributed by atoms with Crippen molar-refractivity contribution >= 4 is 10.9 Å². The van der Waals surface area contributed by atoms with Crippen LogP contribution in [0.25, 0.3) is 10.9 Å². The molecule has 1 heterocycles. The van der Waals surface area contributed by atoms with Crippen LogP contribution in [0.5, 0.6) is 0 Å². The molecule has 1 unspecified atom stereocenters. The van der Waals surface area contributed by atoms with E-state index in [1.165, 1.54) is 10.9 Å². The predicted octanol–water partition coefficient (Wildman–Crippen LogP) is 3.01. The third-order valence-electron chi connectivity index (χ3n) is 3.86. The Kier molecular flexibility index (Phi) is 3.71. The second kappa shape index (κ2) is 5.11. The van der Waals surface area contributed by atoms with Gasteiger partial charge in [0, 0.05) is 18.5 Å². The highest BCUT2D eigenvalue weighted by Gasteiger charge is 2.24. The average molecular weight is 246 g/mol. The Balaban J connectivity index is 2.45. The van der Waals surface area contributed by atoms with Crippen molar-refractivity contribution in [3.8, 4) is 0 Å². The van der Waals surface area contributed by atoms with Gasteiger partial charge in [0.05, 0.1) is 11.2 Å². The molecule has 2 rings (SSSR count). The van der Waals surface area contributed by atoms with Gasteiger partial charge < -0.3 is 5.11 Å². The highest BCUT2D eigenvalue weighted by molar-refractivity contribution is 5.82. The molecule has 3 heteroatoms. The number of aryl methyl sites for hydroxylation is 1. The lowest BCUT2D eigenvalue weighted by Crippen LogP contribution is -2.23. The molecule has 2 aromatic rings. The lowest BCUT2D eigenvalue weighted by atomic mass is 9.83. The van der Waals surface area contributed by atoms with Crippen molar-refractivity contribution in [2.45, 2.75) is 40.2 Å². The number of rotatable bonds is 5. The Morgan fingerprint density at radius 1 is 1.28 bits per heavy atom. The first-order chi connectivity index (χ1) is 8.63. The molecule has 0 aliphatic heterocycles. The van der Waals surface area contributed by atoms with Gasteiger partial charge in [-0.1, -0.05) is 32.0 Å². The van der Waals surface area contributed by atoms with Gasteiger partial charge >= 0.3 is 0 Å². The van der Waals surface area contributed by atoms with Crippen LogP contribution < -0.4 is 0 Å². The van der Waals surface area contributed by atoms with Crippen molar-refractivity contribution in [2.24, 2.45) is 5.41 Å². The molecule has 98 valence electrons. The van der Waals surface area contributed by atoms with Gasteiger partial charge in [-0.3, -0.25) is 4.68 Å². The van der Waals surface area contributed by atoms with Crippen LogP contribution >= 0.6 is 0 Å². The summed E-state index contributed by atoms with van der Waals surface area (Å²) in [4.78, 5) is 0. The molecule has 0 amide bonds. The first kappa shape index (κ1) is 13.1. The number of hydrogen-bond acceptors (Lipinski definition) is 2. The third-order valence-corrected chi connectivity index (χ3v) is 3.86. The maximum absolute atomic E-state index is 9.55. The first-order valence-corrected chi connectivity index (χ1v) is 6.69. The maximum atomic E-state index is 9.55. The monoisotopic (exact) mass is 246 g/mol. The summed E-state index contributed by atoms with van der Waals surface area (Å²) >= 11 is 0. The van der Waals surface area contributed by atoms with Crippen molar-refractivity contribution in [3.63, 3.8) is 0 Å². The number of fused-ring (bicyclic) bond motifs is 1. The van der Waals surface area contributed by atoms with Crippen LogP contribution in [0.1, 0.15) is 32.9 Å². The first-order valence-electron chi connectivity index (χ1n) is 6.69. The summed E-state index contributed by atoms with van der Waals surface area (Å²) < 4.78 is 2.04. The van der Waals surface area contributed by atoms with Crippen LogP contribution in [0.15, 0.2) is 24.3 Å². The topological polar surface area (TPSA) is 38.0 Å². The second-order valence-electron chi connectivity index (χ2n) is 5.28. The van der Waals surface area contributed by atoms with Gasteiger partial charge in [0.15, 0.2) is 0 Å². The lowest BCUT2D eigenvalue weighted by Gasteiger charge is -2.24. The Hall–Kier alpha value is -1.35. The number of hydrogen-bond donors (Lipinski definition) is 1. The molecule has 0 spiro atoms. The second-order valence-corrected chi connectivity index (χ2v) is 5.28. The minimum absolute atomic E-state index is 0.0737. The maximum Gasteiger partial charge on any atom is 0.0709 e. The Bertz CT molecular complexity index is 526. The summed E-state index contributed by atoms with van der Waals surface area (Å²) in [6, 6.07) is 8.33. The molecule has 0 aliphatic rings. The Morgan fingerprint density at radius 3 is 2.61 bits per heavy atom. The quantitative estimate of drug-likeness (QED) is 0.880. The van der Waals surface area contributed by atoms with Gasteiger partial charge in [0.25, 0.3) is 0 Å². The van der Waals surface area contributed by atoms with E-state index in [4.69, 9.17) is 5.10 Å². The molecule has 0 bridgehead atoms. The molecule has 3 nitrogen and oxygen atoms in total. The number of aliphatic hydroxyl groups is 1. The summed E-state index contributed by atoms with van der Waals surface area (Å²) in [6.07, 6.45) is 1.78. The van der Waals surface area contributed by atoms with E-state index in [9.17, 15) is 5.11 Å². The number of benzene rings is 1. The van der Waals surface area contributed by atoms with Crippen molar-refractivity contribution in [2.75, 3.05) is 6.61 Å². The van der Waals surface area contributed by atoms with E-state index < -0.39 is 0 Å². The molecule has 0 saturated carbocycles. The number of nitrogens with zero attached hydrogens (tertiary/aromatic N) is 2. The molecule has 1 aromatic heterocycles. The van der Waals surface area contributed by atoms with Gasteiger partial charge in [-0.15, -0.1) is 0 Å². The van der Waals surface area contributed by atoms with Crippen LogP contribution in [0.2, 0.25) is 0 Å². The minimum Gasteiger partial charge on any atom is -0.396 e. The van der Waals surface area contributed by atoms with E-state index >= 15 is 0 Å². The molecule has 1 N–H and O–H groups in total. The van der Waals surface area contributed by atoms with Gasteiger partial charge in [0.1, 0.15) is 0 Å². The Morgan fingerprint density at radius 2 is 2.00 bits per heavy atom. The number of para-hydroxylation sites is 1. The van der Waals surface area contributed by atoms with Crippen LogP contribution in [0.3, 0.4) is 0 Å². The number of aromatic nitrogens is 2. The van der Waals surface area contributed by atoms with Crippen molar-refractivity contribution in [1.82, 2.24) is 9.78 Å². The molecule has 0 aliphatic carbocycles. The fraction of sp³-hybridized carbons (Fsp3) is 0.533. The van der Waals surface area contributed by atoms with Gasteiger partial charge in [-0.2, -0.15) is 5.10 Å². The van der Waals surface area contributed by atoms with Crippen LogP contribution in [-0.4, -0.2) is 21.5 Å². The highest BCUT2D eigenvalue weighted by Crippen LogP contribution is 2.29.